The van der Waals surface area contributed by atoms with Gasteiger partial charge in [-0.1, -0.05) is 0 Å². The third-order valence-corrected chi connectivity index (χ3v) is 1.66. The van der Waals surface area contributed by atoms with Crippen LogP contribution in [0.2, 0.25) is 0 Å². The molecule has 0 aliphatic rings. The van der Waals surface area contributed by atoms with E-state index in [1.807, 2.05) is 13.8 Å². The minimum Gasteiger partial charge on any atom is -0.395 e. The summed E-state index contributed by atoms with van der Waals surface area (Å²) < 4.78 is 0. The third-order valence-electron chi connectivity index (χ3n) is 1.66. The number of rotatable bonds is 7. The number of hydrogen-bond donors (Lipinski definition) is 4. The van der Waals surface area contributed by atoms with Gasteiger partial charge >= 0.3 is 0 Å². The molecule has 0 aliphatic carbocycles. The highest BCUT2D eigenvalue weighted by atomic mass is 35.5. The normalized spacial score (nSPS) is 13.7. The van der Waals surface area contributed by atoms with Crippen molar-refractivity contribution in [2.45, 2.75) is 25.9 Å². The van der Waals surface area contributed by atoms with Crippen molar-refractivity contribution in [1.29, 1.82) is 0 Å². The summed E-state index contributed by atoms with van der Waals surface area (Å²) in [6.45, 7) is 5.80. The third kappa shape index (κ3) is 12.4. The Kier molecular flexibility index (Phi) is 19.1. The van der Waals surface area contributed by atoms with Crippen LogP contribution in [0.4, 0.5) is 0 Å². The lowest BCUT2D eigenvalue weighted by molar-refractivity contribution is 0.242. The molecule has 0 aromatic rings. The molecule has 0 fully saturated rings. The smallest absolute Gasteiger partial charge is 0.0581 e. The molecule has 2 unspecified atom stereocenters. The van der Waals surface area contributed by atoms with Crippen LogP contribution >= 0.6 is 24.8 Å². The van der Waals surface area contributed by atoms with E-state index in [4.69, 9.17) is 10.2 Å². The minimum absolute atomic E-state index is 0. The average Bonchev–Trinajstić information content (AvgIpc) is 2.11. The number of hydrogen-bond acceptors (Lipinski definition) is 4. The van der Waals surface area contributed by atoms with Crippen molar-refractivity contribution in [3.63, 3.8) is 0 Å². The zero-order chi connectivity index (χ0) is 9.40. The van der Waals surface area contributed by atoms with Crippen molar-refractivity contribution in [2.24, 2.45) is 0 Å². The largest absolute Gasteiger partial charge is 0.395 e. The molecule has 0 saturated carbocycles. The molecule has 0 radical (unpaired) electrons. The lowest BCUT2D eigenvalue weighted by Crippen LogP contribution is -2.39. The second-order valence-electron chi connectivity index (χ2n) is 3.08. The Balaban J connectivity index is -0.000000605. The number of nitrogens with one attached hydrogen (secondary N) is 2. The van der Waals surface area contributed by atoms with E-state index in [0.717, 1.165) is 13.1 Å². The quantitative estimate of drug-likeness (QED) is 0.471. The van der Waals surface area contributed by atoms with Crippen molar-refractivity contribution in [3.8, 4) is 0 Å². The Morgan fingerprint density at radius 2 is 1.14 bits per heavy atom. The lowest BCUT2D eigenvalue weighted by atomic mass is 10.3. The maximum absolute atomic E-state index is 8.67. The van der Waals surface area contributed by atoms with E-state index in [9.17, 15) is 0 Å². The van der Waals surface area contributed by atoms with Crippen molar-refractivity contribution < 1.29 is 10.2 Å². The van der Waals surface area contributed by atoms with E-state index < -0.39 is 0 Å². The van der Waals surface area contributed by atoms with Crippen LogP contribution in [0.25, 0.3) is 0 Å². The molecular formula is C8H22Cl2N2O2. The Morgan fingerprint density at radius 3 is 1.36 bits per heavy atom. The molecule has 0 heterocycles. The van der Waals surface area contributed by atoms with Crippen LogP contribution in [0.1, 0.15) is 13.8 Å². The molecule has 0 aromatic carbocycles. The monoisotopic (exact) mass is 248 g/mol. The van der Waals surface area contributed by atoms with Gasteiger partial charge in [-0.3, -0.25) is 0 Å². The van der Waals surface area contributed by atoms with E-state index in [1.165, 1.54) is 0 Å². The van der Waals surface area contributed by atoms with Crippen LogP contribution in [0, 0.1) is 0 Å². The van der Waals surface area contributed by atoms with E-state index >= 15 is 0 Å². The van der Waals surface area contributed by atoms with Gasteiger partial charge in [0.25, 0.3) is 0 Å². The standard InChI is InChI=1S/C8H20N2O2.2ClH/c1-7(5-11)9-3-4-10-8(2)6-12;;/h7-12H,3-6H2,1-2H3;2*1H. The molecule has 90 valence electrons. The molecule has 0 bridgehead atoms. The van der Waals surface area contributed by atoms with Gasteiger partial charge in [-0.05, 0) is 13.8 Å². The zero-order valence-electron chi connectivity index (χ0n) is 8.69. The van der Waals surface area contributed by atoms with Crippen molar-refractivity contribution >= 4 is 24.8 Å². The second-order valence-corrected chi connectivity index (χ2v) is 3.08. The Morgan fingerprint density at radius 1 is 0.857 bits per heavy atom. The molecule has 6 heteroatoms. The van der Waals surface area contributed by atoms with E-state index in [0.29, 0.717) is 0 Å². The summed E-state index contributed by atoms with van der Waals surface area (Å²) in [5.41, 5.74) is 0. The average molecular weight is 249 g/mol. The van der Waals surface area contributed by atoms with Crippen molar-refractivity contribution in [1.82, 2.24) is 10.6 Å². The summed E-state index contributed by atoms with van der Waals surface area (Å²) in [6.07, 6.45) is 0. The number of aliphatic hydroxyl groups excluding tert-OH is 2. The fraction of sp³-hybridized carbons (Fsp3) is 1.00. The zero-order valence-corrected chi connectivity index (χ0v) is 10.3. The van der Waals surface area contributed by atoms with E-state index in [1.54, 1.807) is 0 Å². The van der Waals surface area contributed by atoms with Gasteiger partial charge in [-0.2, -0.15) is 0 Å². The first-order chi connectivity index (χ1) is 5.70. The van der Waals surface area contributed by atoms with Gasteiger partial charge in [0.15, 0.2) is 0 Å². The van der Waals surface area contributed by atoms with Gasteiger partial charge in [0.05, 0.1) is 13.2 Å². The van der Waals surface area contributed by atoms with E-state index in [-0.39, 0.29) is 50.1 Å². The molecule has 0 aliphatic heterocycles. The van der Waals surface area contributed by atoms with Crippen LogP contribution in [-0.4, -0.2) is 48.6 Å². The Bertz CT molecular complexity index is 97.3. The molecule has 2 atom stereocenters. The molecule has 0 aromatic heterocycles. The summed E-state index contributed by atoms with van der Waals surface area (Å²) in [5, 5.41) is 23.6. The van der Waals surface area contributed by atoms with Gasteiger partial charge in [-0.15, -0.1) is 24.8 Å². The molecule has 4 N–H and O–H groups in total. The van der Waals surface area contributed by atoms with Crippen LogP contribution in [-0.2, 0) is 0 Å². The first-order valence-corrected chi connectivity index (χ1v) is 4.39. The summed E-state index contributed by atoms with van der Waals surface area (Å²) in [7, 11) is 0. The maximum atomic E-state index is 8.67. The highest BCUT2D eigenvalue weighted by Crippen LogP contribution is 1.78. The first kappa shape index (κ1) is 19.9. The fourth-order valence-corrected chi connectivity index (χ4v) is 0.766. The van der Waals surface area contributed by atoms with E-state index in [2.05, 4.69) is 10.6 Å². The number of aliphatic hydroxyl groups is 2. The van der Waals surface area contributed by atoms with Crippen LogP contribution in [0.15, 0.2) is 0 Å². The topological polar surface area (TPSA) is 64.5 Å². The molecule has 0 amide bonds. The molecule has 0 spiro atoms. The Hall–Kier alpha value is 0.420. The lowest BCUT2D eigenvalue weighted by Gasteiger charge is -2.13. The maximum Gasteiger partial charge on any atom is 0.0581 e. The van der Waals surface area contributed by atoms with Gasteiger partial charge < -0.3 is 20.8 Å². The molecule has 0 saturated heterocycles. The SMILES string of the molecule is CC(CO)NCCNC(C)CO.Cl.Cl. The summed E-state index contributed by atoms with van der Waals surface area (Å²) in [5.74, 6) is 0. The van der Waals surface area contributed by atoms with Gasteiger partial charge in [-0.25, -0.2) is 0 Å². The highest BCUT2D eigenvalue weighted by molar-refractivity contribution is 5.85. The van der Waals surface area contributed by atoms with Crippen LogP contribution in [0.5, 0.6) is 0 Å². The molecule has 14 heavy (non-hydrogen) atoms. The highest BCUT2D eigenvalue weighted by Gasteiger charge is 1.99. The van der Waals surface area contributed by atoms with Crippen LogP contribution < -0.4 is 10.6 Å². The fourth-order valence-electron chi connectivity index (χ4n) is 0.766. The van der Waals surface area contributed by atoms with Gasteiger partial charge in [0, 0.05) is 25.2 Å². The van der Waals surface area contributed by atoms with Crippen molar-refractivity contribution in [3.05, 3.63) is 0 Å². The molecule has 0 rings (SSSR count). The Labute approximate surface area is 98.3 Å². The summed E-state index contributed by atoms with van der Waals surface area (Å²) in [4.78, 5) is 0. The van der Waals surface area contributed by atoms with Gasteiger partial charge in [0.1, 0.15) is 0 Å². The van der Waals surface area contributed by atoms with Gasteiger partial charge in [0.2, 0.25) is 0 Å². The molecular weight excluding hydrogens is 227 g/mol. The first-order valence-electron chi connectivity index (χ1n) is 4.39. The second kappa shape index (κ2) is 13.4. The number of halogens is 2. The van der Waals surface area contributed by atoms with Crippen LogP contribution in [0.3, 0.4) is 0 Å². The summed E-state index contributed by atoms with van der Waals surface area (Å²) in [6, 6.07) is 0.299. The van der Waals surface area contributed by atoms with Crippen molar-refractivity contribution in [2.75, 3.05) is 26.3 Å². The predicted molar refractivity (Wildman–Crippen MR) is 63.6 cm³/mol. The summed E-state index contributed by atoms with van der Waals surface area (Å²) >= 11 is 0. The molecule has 4 nitrogen and oxygen atoms in total. The predicted octanol–water partition coefficient (Wildman–Crippen LogP) is -0.229. The minimum atomic E-state index is 0.